The van der Waals surface area contributed by atoms with Crippen LogP contribution in [0.25, 0.3) is 0 Å². The largest absolute Gasteiger partial charge is 2.00 e. The Bertz CT molecular complexity index is 3620. The molecule has 0 fully saturated rings. The van der Waals surface area contributed by atoms with Gasteiger partial charge in [0.25, 0.3) is 0 Å². The molecule has 11 heteroatoms. The van der Waals surface area contributed by atoms with Crippen LogP contribution in [-0.4, -0.2) is 43.8 Å². The van der Waals surface area contributed by atoms with Crippen molar-refractivity contribution in [2.24, 2.45) is 9.98 Å². The van der Waals surface area contributed by atoms with E-state index in [1.165, 1.54) is 472 Å². The van der Waals surface area contributed by atoms with Crippen LogP contribution in [0.1, 0.15) is 598 Å². The molecule has 0 atom stereocenters. The summed E-state index contributed by atoms with van der Waals surface area (Å²) in [6.07, 6.45) is 110. The number of carbonyl (C=O) groups is 2. The maximum atomic E-state index is 10.8. The van der Waals surface area contributed by atoms with E-state index in [-0.39, 0.29) is 31.5 Å². The van der Waals surface area contributed by atoms with Crippen molar-refractivity contribution in [1.29, 1.82) is 0 Å². The van der Waals surface area contributed by atoms with Gasteiger partial charge in [0.1, 0.15) is 5.71 Å². The number of aromatic hydroxyl groups is 4. The molecule has 4 N–H and O–H groups in total. The number of phenolic OH excluding ortho intramolecular Hbond substituents is 2. The van der Waals surface area contributed by atoms with Gasteiger partial charge < -0.3 is 40.2 Å². The number of phenols is 4. The normalized spacial score (nSPS) is 11.2. The van der Waals surface area contributed by atoms with E-state index in [1.54, 1.807) is 0 Å². The number of carboxylic acid groups (broad SMARTS) is 2. The standard InChI is InChI=1S/C102H176N2.2C11H14O4.Pd/c1-5-9-13-17-21-24-27-30-33-36-39-42-45-48-50-53-56-59-62-65-68-71-74-77-81-89-97-91-85-87-93-99(97)103-101(95-83-79-20-16-12-8-4)102(96-84-80-76-73-70-67-64-61-58-55-52-47-44-41-38-35-32-29-26-23-19-15-11-7-3)104-100-94-88-86-92-98(100)90-82-78-75-72-69-66-63-60-57-54-51-49-46-43-40-37-34-31-28-25-22-18-14-10-6-2;2*1-2-3-4-7-5-6-8(12)10(13)9(7)11(14)15;/h85-88,91-94H,5-73,76,79-83,89-90,95H2,1-4H3;2*5-6,12-13H,2-4H2,1H3,(H,14,15);/q;;;+2/p-2. The minimum Gasteiger partial charge on any atom is -0.545 e. The first-order chi connectivity index (χ1) is 65.9. The van der Waals surface area contributed by atoms with Gasteiger partial charge in [0, 0.05) is 43.2 Å². The van der Waals surface area contributed by atoms with Crippen LogP contribution in [0.2, 0.25) is 0 Å². The molecular weight excluding hydrogens is 1750 g/mol. The number of benzene rings is 4. The Balaban J connectivity index is 0.00000246. The summed E-state index contributed by atoms with van der Waals surface area (Å²) in [5.41, 5.74) is 6.93. The van der Waals surface area contributed by atoms with Gasteiger partial charge in [0.05, 0.1) is 29.0 Å². The Kier molecular flexibility index (Phi) is 90.6. The van der Waals surface area contributed by atoms with Crippen molar-refractivity contribution in [3.63, 3.8) is 0 Å². The Morgan fingerprint density at radius 1 is 0.244 bits per heavy atom. The third-order valence-corrected chi connectivity index (χ3v) is 27.0. The molecule has 0 amide bonds. The summed E-state index contributed by atoms with van der Waals surface area (Å²) in [6.45, 7) is 13.2. The van der Waals surface area contributed by atoms with Crippen LogP contribution in [0.5, 0.6) is 23.0 Å². The number of rotatable bonds is 86. The Labute approximate surface area is 845 Å². The van der Waals surface area contributed by atoms with Crippen LogP contribution < -0.4 is 10.2 Å². The van der Waals surface area contributed by atoms with Gasteiger partial charge in [-0.15, -0.1) is 23.7 Å². The first kappa shape index (κ1) is 127. The van der Waals surface area contributed by atoms with Gasteiger partial charge in [-0.25, -0.2) is 4.99 Å². The predicted octanol–water partition coefficient (Wildman–Crippen LogP) is 37.0. The molecule has 4 aromatic rings. The first-order valence-electron chi connectivity index (χ1n) is 57.1. The van der Waals surface area contributed by atoms with Crippen molar-refractivity contribution in [2.75, 3.05) is 0 Å². The van der Waals surface area contributed by atoms with Gasteiger partial charge >= 0.3 is 20.4 Å². The van der Waals surface area contributed by atoms with E-state index in [4.69, 9.17) is 20.2 Å². The Morgan fingerprint density at radius 3 is 0.726 bits per heavy atom. The van der Waals surface area contributed by atoms with Crippen LogP contribution in [0.4, 0.5) is 11.4 Å². The number of aryl methyl sites for hydroxylation is 4. The zero-order valence-corrected chi connectivity index (χ0v) is 89.5. The topological polar surface area (TPSA) is 186 Å². The Morgan fingerprint density at radius 2 is 0.467 bits per heavy atom. The average molecular weight is 1960 g/mol. The third kappa shape index (κ3) is 73.5. The molecule has 0 saturated carbocycles. The summed E-state index contributed by atoms with van der Waals surface area (Å²) in [5.74, 6) is 16.7. The van der Waals surface area contributed by atoms with Gasteiger partial charge in [-0.05, 0) is 123 Å². The fourth-order valence-electron chi connectivity index (χ4n) is 18.3. The van der Waals surface area contributed by atoms with Crippen LogP contribution in [0.3, 0.4) is 0 Å². The number of hydrogen-bond donors (Lipinski definition) is 4. The number of para-hydroxylation sites is 2. The molecule has 0 aromatic heterocycles. The molecule has 10 nitrogen and oxygen atoms in total. The first-order valence-corrected chi connectivity index (χ1v) is 57.1. The molecule has 0 bridgehead atoms. The average Bonchev–Trinajstić information content (AvgIpc) is 0.825. The van der Waals surface area contributed by atoms with Gasteiger partial charge in [-0.3, -0.25) is 4.99 Å². The molecule has 135 heavy (non-hydrogen) atoms. The fraction of sp³-hybridized carbons (Fsp3) is 0.726. The molecule has 766 valence electrons. The van der Waals surface area contributed by atoms with Crippen molar-refractivity contribution < 1.29 is 60.7 Å². The maximum absolute atomic E-state index is 10.8. The molecule has 0 aliphatic heterocycles. The summed E-state index contributed by atoms with van der Waals surface area (Å²) in [5, 5.41) is 58.6. The zero-order chi connectivity index (χ0) is 96.8. The molecule has 0 aliphatic carbocycles. The molecule has 4 rings (SSSR count). The van der Waals surface area contributed by atoms with Gasteiger partial charge in [0.15, 0.2) is 23.0 Å². The monoisotopic (exact) mass is 1950 g/mol. The molecule has 0 radical (unpaired) electrons. The summed E-state index contributed by atoms with van der Waals surface area (Å²) >= 11 is 0. The number of hydrogen-bond acceptors (Lipinski definition) is 10. The van der Waals surface area contributed by atoms with Crippen molar-refractivity contribution in [3.05, 3.63) is 106 Å². The second-order valence-electron chi connectivity index (χ2n) is 39.3. The van der Waals surface area contributed by atoms with E-state index in [2.05, 4.69) is 112 Å². The van der Waals surface area contributed by atoms with Gasteiger partial charge in [-0.1, -0.05) is 533 Å². The van der Waals surface area contributed by atoms with E-state index < -0.39 is 34.9 Å². The molecular formula is C124H202N2O8Pd. The van der Waals surface area contributed by atoms with E-state index in [0.29, 0.717) is 24.0 Å². The zero-order valence-electron chi connectivity index (χ0n) is 88.0. The van der Waals surface area contributed by atoms with E-state index in [9.17, 15) is 30.0 Å². The summed E-state index contributed by atoms with van der Waals surface area (Å²) < 4.78 is 0. The minimum absolute atomic E-state index is 0. The summed E-state index contributed by atoms with van der Waals surface area (Å²) in [4.78, 5) is 32.7. The Hall–Kier alpha value is -6.30. The smallest absolute Gasteiger partial charge is 0.545 e. The van der Waals surface area contributed by atoms with Crippen LogP contribution in [0.15, 0.2) is 82.8 Å². The third-order valence-electron chi connectivity index (χ3n) is 27.0. The van der Waals surface area contributed by atoms with Crippen molar-refractivity contribution in [3.8, 4) is 58.5 Å². The second-order valence-corrected chi connectivity index (χ2v) is 39.3. The van der Waals surface area contributed by atoms with Crippen LogP contribution in [-0.2, 0) is 46.1 Å². The number of aromatic carboxylic acids is 2. The van der Waals surface area contributed by atoms with E-state index in [1.807, 2.05) is 13.8 Å². The molecule has 0 unspecified atom stereocenters. The van der Waals surface area contributed by atoms with Crippen molar-refractivity contribution in [2.45, 2.75) is 581 Å². The van der Waals surface area contributed by atoms with Crippen LogP contribution in [0, 0.1) is 35.5 Å². The fourth-order valence-corrected chi connectivity index (χ4v) is 18.3. The van der Waals surface area contributed by atoms with Gasteiger partial charge in [-0.2, -0.15) is 0 Å². The van der Waals surface area contributed by atoms with Crippen molar-refractivity contribution in [1.82, 2.24) is 0 Å². The quantitative estimate of drug-likeness (QED) is 0.0111. The van der Waals surface area contributed by atoms with E-state index in [0.717, 1.165) is 113 Å². The number of aliphatic imine (C=N–C) groups is 2. The molecule has 0 spiro atoms. The number of carbonyl (C=O) groups excluding carboxylic acids is 2. The number of unbranched alkanes of at least 4 members (excludes halogenated alkanes) is 71. The molecule has 4 aromatic carbocycles. The van der Waals surface area contributed by atoms with Crippen LogP contribution >= 0.6 is 0 Å². The summed E-state index contributed by atoms with van der Waals surface area (Å²) in [6, 6.07) is 23.2. The van der Waals surface area contributed by atoms with Gasteiger partial charge in [0.2, 0.25) is 0 Å². The molecule has 0 aliphatic rings. The predicted molar refractivity (Wildman–Crippen MR) is 577 cm³/mol. The minimum atomic E-state index is -1.46. The molecule has 0 saturated heterocycles. The second kappa shape index (κ2) is 96.6. The number of nitrogens with zero attached hydrogens (tertiary/aromatic N) is 2. The number of carboxylic acids is 2. The van der Waals surface area contributed by atoms with E-state index >= 15 is 0 Å². The van der Waals surface area contributed by atoms with Crippen molar-refractivity contribution >= 4 is 34.7 Å². The SMILES string of the molecule is CCCCCCCCCCCCCCCCCCCCCCCC#CCCc1ccccc1N=C(C#CCCCCCCCCCCCCCCCCCCCCCCCC)C(CCCCCCCC)=Nc1ccccc1CCC#CCCCCCCCCCCCCCCCCCCCCCCC.CCCCc1ccc(O)c(O)c1C(=O)[O-].CCCCc1ccc(O)c(O)c1C(=O)[O-].[Pd+2]. The summed E-state index contributed by atoms with van der Waals surface area (Å²) in [7, 11) is 0. The molecule has 0 heterocycles. The maximum Gasteiger partial charge on any atom is 2.00 e.